The van der Waals surface area contributed by atoms with Gasteiger partial charge in [-0.05, 0) is 0 Å². The topological polar surface area (TPSA) is 0 Å². The molecule has 0 nitrogen and oxygen atoms in total. The van der Waals surface area contributed by atoms with Crippen molar-refractivity contribution < 1.29 is 24.8 Å². The summed E-state index contributed by atoms with van der Waals surface area (Å²) in [5.41, 5.74) is 0. The molecule has 0 fully saturated rings. The van der Waals surface area contributed by atoms with Crippen molar-refractivity contribution in [2.45, 2.75) is 20.3 Å². The molecular formula is C3H8Cl2-2. The van der Waals surface area contributed by atoms with E-state index in [0.717, 1.165) is 0 Å². The van der Waals surface area contributed by atoms with Crippen LogP contribution in [0.3, 0.4) is 0 Å². The van der Waals surface area contributed by atoms with E-state index in [1.54, 1.807) is 0 Å². The molecule has 0 aromatic carbocycles. The van der Waals surface area contributed by atoms with Gasteiger partial charge < -0.3 is 24.8 Å². The number of hydrogen-bond donors (Lipinski definition) is 0. The molecule has 0 spiro atoms. The van der Waals surface area contributed by atoms with Crippen LogP contribution in [0.5, 0.6) is 0 Å². The van der Waals surface area contributed by atoms with Crippen molar-refractivity contribution in [3.8, 4) is 0 Å². The van der Waals surface area contributed by atoms with Gasteiger partial charge in [0.15, 0.2) is 0 Å². The van der Waals surface area contributed by atoms with Gasteiger partial charge in [0.25, 0.3) is 0 Å². The second-order valence-corrected chi connectivity index (χ2v) is 0.707. The monoisotopic (exact) mass is 114 g/mol. The van der Waals surface area contributed by atoms with E-state index in [4.69, 9.17) is 0 Å². The highest BCUT2D eigenvalue weighted by Gasteiger charge is 1.35. The van der Waals surface area contributed by atoms with E-state index in [1.165, 1.54) is 6.42 Å². The first-order chi connectivity index (χ1) is 1.41. The molecule has 0 aliphatic heterocycles. The van der Waals surface area contributed by atoms with Crippen molar-refractivity contribution >= 4 is 0 Å². The molecule has 0 saturated heterocycles. The Morgan fingerprint density at radius 2 is 1.00 bits per heavy atom. The lowest BCUT2D eigenvalue weighted by molar-refractivity contribution is -0.00100. The Bertz CT molecular complexity index is 4.85. The van der Waals surface area contributed by atoms with Crippen LogP contribution in [-0.2, 0) is 0 Å². The molecule has 36 valence electrons. The number of rotatable bonds is 0. The minimum absolute atomic E-state index is 0. The normalized spacial score (nSPS) is 3.60. The van der Waals surface area contributed by atoms with Gasteiger partial charge in [-0.2, -0.15) is 0 Å². The molecule has 0 amide bonds. The molecule has 0 saturated carbocycles. The molecule has 0 bridgehead atoms. The zero-order valence-corrected chi connectivity index (χ0v) is 4.97. The average molecular weight is 115 g/mol. The largest absolute Gasteiger partial charge is 1.00 e. The second kappa shape index (κ2) is 23.5. The average Bonchev–Trinajstić information content (AvgIpc) is 0.918. The van der Waals surface area contributed by atoms with Crippen LogP contribution < -0.4 is 24.8 Å². The van der Waals surface area contributed by atoms with Gasteiger partial charge in [-0.25, -0.2) is 0 Å². The van der Waals surface area contributed by atoms with Gasteiger partial charge in [-0.15, -0.1) is 0 Å². The predicted octanol–water partition coefficient (Wildman–Crippen LogP) is -4.58. The smallest absolute Gasteiger partial charge is 0.0590 e. The summed E-state index contributed by atoms with van der Waals surface area (Å²) in [6.45, 7) is 4.25. The van der Waals surface area contributed by atoms with Crippen molar-refractivity contribution in [3.63, 3.8) is 0 Å². The Balaban J connectivity index is -0.0000000200. The van der Waals surface area contributed by atoms with E-state index in [-0.39, 0.29) is 24.8 Å². The molecule has 0 aliphatic rings. The first-order valence-electron chi connectivity index (χ1n) is 1.41. The maximum Gasteiger partial charge on any atom is -0.0590 e. The zero-order chi connectivity index (χ0) is 2.71. The van der Waals surface area contributed by atoms with E-state index in [0.29, 0.717) is 0 Å². The summed E-state index contributed by atoms with van der Waals surface area (Å²) in [7, 11) is 0. The van der Waals surface area contributed by atoms with Crippen LogP contribution in [0.2, 0.25) is 0 Å². The fraction of sp³-hybridized carbons (Fsp3) is 1.00. The van der Waals surface area contributed by atoms with Crippen molar-refractivity contribution in [2.75, 3.05) is 0 Å². The second-order valence-electron chi connectivity index (χ2n) is 0.707. The summed E-state index contributed by atoms with van der Waals surface area (Å²) in [6, 6.07) is 0. The molecule has 0 aliphatic carbocycles. The van der Waals surface area contributed by atoms with Crippen LogP contribution in [0.15, 0.2) is 0 Å². The third kappa shape index (κ3) is 90.6. The molecule has 2 heteroatoms. The van der Waals surface area contributed by atoms with E-state index < -0.39 is 0 Å². The van der Waals surface area contributed by atoms with Crippen molar-refractivity contribution in [3.05, 3.63) is 0 Å². The molecule has 0 aromatic rings. The van der Waals surface area contributed by atoms with Crippen molar-refractivity contribution in [2.24, 2.45) is 0 Å². The maximum absolute atomic E-state index is 2.12. The Hall–Kier alpha value is 0.580. The minimum atomic E-state index is 0. The lowest BCUT2D eigenvalue weighted by atomic mass is 10.6. The van der Waals surface area contributed by atoms with E-state index in [9.17, 15) is 0 Å². The standard InChI is InChI=1S/C3H8.2ClH/c1-3-2;;/h3H2,1-2H3;2*1H/p-2. The van der Waals surface area contributed by atoms with E-state index in [1.807, 2.05) is 0 Å². The summed E-state index contributed by atoms with van der Waals surface area (Å²) in [5, 5.41) is 0. The summed E-state index contributed by atoms with van der Waals surface area (Å²) < 4.78 is 0. The summed E-state index contributed by atoms with van der Waals surface area (Å²) in [5.74, 6) is 0. The number of hydrogen-bond acceptors (Lipinski definition) is 0. The van der Waals surface area contributed by atoms with Gasteiger partial charge >= 0.3 is 0 Å². The van der Waals surface area contributed by atoms with Crippen LogP contribution in [-0.4, -0.2) is 0 Å². The summed E-state index contributed by atoms with van der Waals surface area (Å²) >= 11 is 0. The van der Waals surface area contributed by atoms with Gasteiger partial charge in [-0.3, -0.25) is 0 Å². The summed E-state index contributed by atoms with van der Waals surface area (Å²) in [6.07, 6.45) is 1.25. The number of halogens is 2. The van der Waals surface area contributed by atoms with Gasteiger partial charge in [0.2, 0.25) is 0 Å². The quantitative estimate of drug-likeness (QED) is 0.298. The first-order valence-corrected chi connectivity index (χ1v) is 1.41. The minimum Gasteiger partial charge on any atom is -1.00 e. The first kappa shape index (κ1) is 17.6. The third-order valence-corrected chi connectivity index (χ3v) is 0. The van der Waals surface area contributed by atoms with Gasteiger partial charge in [0.1, 0.15) is 0 Å². The highest BCUT2D eigenvalue weighted by atomic mass is 35.5. The molecule has 0 heterocycles. The Kier molecular flexibility index (Phi) is 82.7. The summed E-state index contributed by atoms with van der Waals surface area (Å²) in [4.78, 5) is 0. The van der Waals surface area contributed by atoms with Gasteiger partial charge in [0.05, 0.1) is 0 Å². The highest BCUT2D eigenvalue weighted by Crippen LogP contribution is 1.56. The van der Waals surface area contributed by atoms with Crippen LogP contribution in [0.25, 0.3) is 0 Å². The lowest BCUT2D eigenvalue weighted by Crippen LogP contribution is -3.00. The molecule has 0 radical (unpaired) electrons. The molecule has 0 rings (SSSR count). The Labute approximate surface area is 45.8 Å². The molecule has 0 aromatic heterocycles. The predicted molar refractivity (Wildman–Crippen MR) is 16.0 cm³/mol. The third-order valence-electron chi connectivity index (χ3n) is 0. The maximum atomic E-state index is 2.12. The molecular weight excluding hydrogens is 107 g/mol. The van der Waals surface area contributed by atoms with E-state index >= 15 is 0 Å². The fourth-order valence-corrected chi connectivity index (χ4v) is 0. The lowest BCUT2D eigenvalue weighted by Gasteiger charge is -1.48. The molecule has 0 unspecified atom stereocenters. The molecule has 5 heavy (non-hydrogen) atoms. The highest BCUT2D eigenvalue weighted by molar-refractivity contribution is 3.92. The Morgan fingerprint density at radius 1 is 1.00 bits per heavy atom. The fourth-order valence-electron chi connectivity index (χ4n) is 0. The molecule has 0 N–H and O–H groups in total. The van der Waals surface area contributed by atoms with Crippen LogP contribution in [0, 0.1) is 0 Å². The van der Waals surface area contributed by atoms with Crippen molar-refractivity contribution in [1.29, 1.82) is 0 Å². The Morgan fingerprint density at radius 3 is 1.00 bits per heavy atom. The van der Waals surface area contributed by atoms with Crippen LogP contribution >= 0.6 is 0 Å². The van der Waals surface area contributed by atoms with Crippen molar-refractivity contribution in [1.82, 2.24) is 0 Å². The zero-order valence-electron chi connectivity index (χ0n) is 3.46. The van der Waals surface area contributed by atoms with Gasteiger partial charge in [-0.1, -0.05) is 20.3 Å². The SMILES string of the molecule is CCC.[Cl-].[Cl-]. The van der Waals surface area contributed by atoms with Crippen LogP contribution in [0.1, 0.15) is 20.3 Å². The van der Waals surface area contributed by atoms with Crippen LogP contribution in [0.4, 0.5) is 0 Å². The van der Waals surface area contributed by atoms with E-state index in [2.05, 4.69) is 13.8 Å². The van der Waals surface area contributed by atoms with Gasteiger partial charge in [0, 0.05) is 0 Å². The molecule has 0 atom stereocenters.